The first-order valence-corrected chi connectivity index (χ1v) is 11.4. The number of carbonyl (C=O) groups is 2. The quantitative estimate of drug-likeness (QED) is 0.785. The third kappa shape index (κ3) is 5.57. The van der Waals surface area contributed by atoms with Gasteiger partial charge in [0.05, 0.1) is 4.90 Å². The van der Waals surface area contributed by atoms with E-state index in [-0.39, 0.29) is 37.9 Å². The molecule has 2 rings (SSSR count). The molecular formula is C21H33N3O4S. The van der Waals surface area contributed by atoms with Crippen LogP contribution >= 0.6 is 0 Å². The van der Waals surface area contributed by atoms with Crippen molar-refractivity contribution in [3.05, 3.63) is 28.8 Å². The van der Waals surface area contributed by atoms with Crippen LogP contribution in [0.1, 0.15) is 43.9 Å². The van der Waals surface area contributed by atoms with Crippen molar-refractivity contribution in [2.45, 2.75) is 52.9 Å². The Hall–Kier alpha value is -1.93. The van der Waals surface area contributed by atoms with E-state index < -0.39 is 15.4 Å². The van der Waals surface area contributed by atoms with Gasteiger partial charge in [-0.1, -0.05) is 38.5 Å². The summed E-state index contributed by atoms with van der Waals surface area (Å²) in [7, 11) is -3.60. The van der Waals surface area contributed by atoms with Crippen LogP contribution in [-0.2, 0) is 19.6 Å². The van der Waals surface area contributed by atoms with E-state index in [1.165, 1.54) is 4.31 Å². The van der Waals surface area contributed by atoms with Gasteiger partial charge in [0.2, 0.25) is 21.8 Å². The molecule has 1 N–H and O–H groups in total. The number of benzene rings is 1. The van der Waals surface area contributed by atoms with E-state index >= 15 is 0 Å². The van der Waals surface area contributed by atoms with E-state index in [9.17, 15) is 18.0 Å². The molecule has 0 atom stereocenters. The number of rotatable bonds is 5. The summed E-state index contributed by atoms with van der Waals surface area (Å²) < 4.78 is 27.7. The molecule has 2 amide bonds. The highest BCUT2D eigenvalue weighted by molar-refractivity contribution is 7.89. The molecule has 7 nitrogen and oxygen atoms in total. The fraction of sp³-hybridized carbons (Fsp3) is 0.619. The summed E-state index contributed by atoms with van der Waals surface area (Å²) in [5.74, 6) is -0.163. The van der Waals surface area contributed by atoms with Gasteiger partial charge in [0.1, 0.15) is 0 Å². The van der Waals surface area contributed by atoms with Gasteiger partial charge in [-0.25, -0.2) is 8.42 Å². The zero-order valence-corrected chi connectivity index (χ0v) is 19.1. The van der Waals surface area contributed by atoms with Gasteiger partial charge in [0.15, 0.2) is 0 Å². The van der Waals surface area contributed by atoms with Crippen LogP contribution in [0, 0.1) is 26.2 Å². The average Bonchev–Trinajstić information content (AvgIpc) is 2.59. The molecule has 8 heteroatoms. The normalized spacial score (nSPS) is 16.0. The molecule has 0 aliphatic carbocycles. The molecule has 162 valence electrons. The lowest BCUT2D eigenvalue weighted by atomic mass is 9.96. The Labute approximate surface area is 174 Å². The number of hydrogen-bond donors (Lipinski definition) is 1. The molecule has 1 saturated heterocycles. The van der Waals surface area contributed by atoms with Crippen LogP contribution in [0.5, 0.6) is 0 Å². The predicted octanol–water partition coefficient (Wildman–Crippen LogP) is 2.00. The molecule has 0 bridgehead atoms. The maximum atomic E-state index is 13.1. The largest absolute Gasteiger partial charge is 0.355 e. The summed E-state index contributed by atoms with van der Waals surface area (Å²) >= 11 is 0. The maximum absolute atomic E-state index is 13.1. The highest BCUT2D eigenvalue weighted by atomic mass is 32.2. The minimum absolute atomic E-state index is 0.0704. The van der Waals surface area contributed by atoms with E-state index in [0.717, 1.165) is 16.7 Å². The minimum Gasteiger partial charge on any atom is -0.355 e. The van der Waals surface area contributed by atoms with E-state index in [1.807, 2.05) is 53.7 Å². The number of carbonyl (C=O) groups excluding carboxylic acids is 2. The standard InChI is InChI=1S/C21H33N3O4S/c1-15-13-16(2)19(17(3)14-15)29(27,28)24-11-9-23(10-12-24)18(25)7-8-22-20(26)21(4,5)6/h13-14H,7-12H2,1-6H3,(H,22,26). The molecular weight excluding hydrogens is 390 g/mol. The molecule has 0 aromatic heterocycles. The number of amides is 2. The van der Waals surface area contributed by atoms with Crippen molar-refractivity contribution in [3.8, 4) is 0 Å². The molecule has 1 heterocycles. The van der Waals surface area contributed by atoms with Crippen molar-refractivity contribution in [2.24, 2.45) is 5.41 Å². The lowest BCUT2D eigenvalue weighted by Gasteiger charge is -2.34. The van der Waals surface area contributed by atoms with Gasteiger partial charge in [0, 0.05) is 44.6 Å². The molecule has 0 saturated carbocycles. The summed E-state index contributed by atoms with van der Waals surface area (Å²) in [5.41, 5.74) is 2.04. The van der Waals surface area contributed by atoms with Gasteiger partial charge >= 0.3 is 0 Å². The second kappa shape index (κ2) is 8.83. The predicted molar refractivity (Wildman–Crippen MR) is 113 cm³/mol. The van der Waals surface area contributed by atoms with Crippen molar-refractivity contribution in [1.29, 1.82) is 0 Å². The molecule has 0 spiro atoms. The van der Waals surface area contributed by atoms with Crippen molar-refractivity contribution >= 4 is 21.8 Å². The molecule has 29 heavy (non-hydrogen) atoms. The highest BCUT2D eigenvalue weighted by Gasteiger charge is 2.32. The summed E-state index contributed by atoms with van der Waals surface area (Å²) in [5, 5.41) is 2.77. The summed E-state index contributed by atoms with van der Waals surface area (Å²) in [6.45, 7) is 12.6. The van der Waals surface area contributed by atoms with Gasteiger partial charge < -0.3 is 10.2 Å². The smallest absolute Gasteiger partial charge is 0.243 e. The molecule has 1 aliphatic heterocycles. The zero-order chi connectivity index (χ0) is 22.0. The number of piperazine rings is 1. The van der Waals surface area contributed by atoms with Crippen molar-refractivity contribution in [1.82, 2.24) is 14.5 Å². The van der Waals surface area contributed by atoms with Gasteiger partial charge in [-0.3, -0.25) is 9.59 Å². The molecule has 0 radical (unpaired) electrons. The van der Waals surface area contributed by atoms with Crippen LogP contribution in [0.3, 0.4) is 0 Å². The van der Waals surface area contributed by atoms with Gasteiger partial charge in [-0.05, 0) is 31.9 Å². The monoisotopic (exact) mass is 423 g/mol. The van der Waals surface area contributed by atoms with Crippen LogP contribution in [0.2, 0.25) is 0 Å². The average molecular weight is 424 g/mol. The third-order valence-corrected chi connectivity index (χ3v) is 7.30. The Bertz CT molecular complexity index is 857. The second-order valence-corrected chi connectivity index (χ2v) is 10.6. The van der Waals surface area contributed by atoms with Crippen molar-refractivity contribution in [2.75, 3.05) is 32.7 Å². The Morgan fingerprint density at radius 1 is 1.00 bits per heavy atom. The fourth-order valence-electron chi connectivity index (χ4n) is 3.59. The Balaban J connectivity index is 1.95. The first-order chi connectivity index (χ1) is 13.3. The number of hydrogen-bond acceptors (Lipinski definition) is 4. The third-order valence-electron chi connectivity index (χ3n) is 5.10. The van der Waals surface area contributed by atoms with Crippen molar-refractivity contribution < 1.29 is 18.0 Å². The molecule has 1 aliphatic rings. The maximum Gasteiger partial charge on any atom is 0.243 e. The zero-order valence-electron chi connectivity index (χ0n) is 18.3. The minimum atomic E-state index is -3.60. The van der Waals surface area contributed by atoms with Crippen LogP contribution in [-0.4, -0.2) is 62.2 Å². The molecule has 1 fully saturated rings. The number of aryl methyl sites for hydroxylation is 3. The molecule has 1 aromatic carbocycles. The van der Waals surface area contributed by atoms with Crippen LogP contribution in [0.25, 0.3) is 0 Å². The van der Waals surface area contributed by atoms with E-state index in [0.29, 0.717) is 18.0 Å². The molecule has 1 aromatic rings. The van der Waals surface area contributed by atoms with Gasteiger partial charge in [-0.2, -0.15) is 4.31 Å². The summed E-state index contributed by atoms with van der Waals surface area (Å²) in [6, 6.07) is 3.76. The Kier molecular flexibility index (Phi) is 7.11. The Morgan fingerprint density at radius 3 is 2.00 bits per heavy atom. The first-order valence-electron chi connectivity index (χ1n) is 9.98. The van der Waals surface area contributed by atoms with Crippen LogP contribution < -0.4 is 5.32 Å². The summed E-state index contributed by atoms with van der Waals surface area (Å²) in [4.78, 5) is 26.3. The van der Waals surface area contributed by atoms with Crippen molar-refractivity contribution in [3.63, 3.8) is 0 Å². The van der Waals surface area contributed by atoms with E-state index in [1.54, 1.807) is 4.90 Å². The van der Waals surface area contributed by atoms with Crippen LogP contribution in [0.4, 0.5) is 0 Å². The van der Waals surface area contributed by atoms with Crippen LogP contribution in [0.15, 0.2) is 17.0 Å². The van der Waals surface area contributed by atoms with E-state index in [2.05, 4.69) is 5.32 Å². The van der Waals surface area contributed by atoms with Gasteiger partial charge in [0.25, 0.3) is 0 Å². The first kappa shape index (κ1) is 23.3. The van der Waals surface area contributed by atoms with E-state index in [4.69, 9.17) is 0 Å². The lowest BCUT2D eigenvalue weighted by Crippen LogP contribution is -2.51. The lowest BCUT2D eigenvalue weighted by molar-refractivity contribution is -0.132. The summed E-state index contributed by atoms with van der Waals surface area (Å²) in [6.07, 6.45) is 0.213. The topological polar surface area (TPSA) is 86.8 Å². The fourth-order valence-corrected chi connectivity index (χ4v) is 5.42. The second-order valence-electron chi connectivity index (χ2n) is 8.77. The number of nitrogens with one attached hydrogen (secondary N) is 1. The SMILES string of the molecule is Cc1cc(C)c(S(=O)(=O)N2CCN(C(=O)CCNC(=O)C(C)(C)C)CC2)c(C)c1. The number of sulfonamides is 1. The van der Waals surface area contributed by atoms with Gasteiger partial charge in [-0.15, -0.1) is 0 Å². The Morgan fingerprint density at radius 2 is 1.52 bits per heavy atom. The number of nitrogens with zero attached hydrogens (tertiary/aromatic N) is 2. The highest BCUT2D eigenvalue weighted by Crippen LogP contribution is 2.26. The molecule has 0 unspecified atom stereocenters.